The summed E-state index contributed by atoms with van der Waals surface area (Å²) in [6.07, 6.45) is 2.10. The van der Waals surface area contributed by atoms with Crippen molar-refractivity contribution >= 4 is 34.6 Å². The lowest BCUT2D eigenvalue weighted by Gasteiger charge is -2.25. The lowest BCUT2D eigenvalue weighted by molar-refractivity contribution is -0.143. The first kappa shape index (κ1) is 20.3. The molecule has 27 heavy (non-hydrogen) atoms. The molecule has 3 N–H and O–H groups in total. The molecule has 8 heteroatoms. The average molecular weight is 375 g/mol. The number of nitrogens with zero attached hydrogens (tertiary/aromatic N) is 1. The van der Waals surface area contributed by atoms with Gasteiger partial charge in [0.1, 0.15) is 6.54 Å². The number of anilines is 1. The van der Waals surface area contributed by atoms with Gasteiger partial charge in [-0.05, 0) is 51.5 Å². The van der Waals surface area contributed by atoms with Gasteiger partial charge in [-0.15, -0.1) is 0 Å². The molecule has 0 radical (unpaired) electrons. The van der Waals surface area contributed by atoms with Gasteiger partial charge in [-0.1, -0.05) is 0 Å². The molecule has 2 rings (SSSR count). The van der Waals surface area contributed by atoms with E-state index in [0.29, 0.717) is 18.7 Å². The third-order valence-corrected chi connectivity index (χ3v) is 4.05. The van der Waals surface area contributed by atoms with Crippen LogP contribution in [0.3, 0.4) is 0 Å². The lowest BCUT2D eigenvalue weighted by Crippen LogP contribution is -2.45. The topological polar surface area (TPSA) is 110 Å². The number of carboxylic acids is 1. The molecule has 0 aliphatic heterocycles. The zero-order valence-corrected chi connectivity index (χ0v) is 15.7. The molecular weight excluding hydrogens is 350 g/mol. The Balaban J connectivity index is 2.02. The number of aliphatic carboxylic acids is 1. The zero-order valence-electron chi connectivity index (χ0n) is 15.7. The van der Waals surface area contributed by atoms with E-state index >= 15 is 0 Å². The lowest BCUT2D eigenvalue weighted by atomic mass is 9.99. The zero-order chi connectivity index (χ0) is 20.0. The Labute approximate surface area is 157 Å². The molecule has 2 amide bonds. The molecule has 0 bridgehead atoms. The van der Waals surface area contributed by atoms with Crippen LogP contribution >= 0.6 is 0 Å². The van der Waals surface area contributed by atoms with Crippen molar-refractivity contribution in [2.45, 2.75) is 45.7 Å². The van der Waals surface area contributed by atoms with Gasteiger partial charge in [-0.25, -0.2) is 4.79 Å². The highest BCUT2D eigenvalue weighted by Gasteiger charge is 2.21. The summed E-state index contributed by atoms with van der Waals surface area (Å²) in [5.41, 5.74) is 0.814. The molecule has 0 saturated heterocycles. The highest BCUT2D eigenvalue weighted by atomic mass is 16.5. The summed E-state index contributed by atoms with van der Waals surface area (Å²) in [7, 11) is 0. The Kier molecular flexibility index (Phi) is 6.44. The van der Waals surface area contributed by atoms with Crippen LogP contribution in [0.4, 0.5) is 10.5 Å². The molecule has 0 unspecified atom stereocenters. The summed E-state index contributed by atoms with van der Waals surface area (Å²) in [5.74, 6) is -1.21. The molecule has 0 spiro atoms. The van der Waals surface area contributed by atoms with E-state index in [1.165, 1.54) is 0 Å². The number of carbonyl (C=O) groups is 3. The van der Waals surface area contributed by atoms with E-state index in [2.05, 4.69) is 10.6 Å². The fraction of sp³-hybridized carbons (Fsp3) is 0.421. The second-order valence-electron chi connectivity index (χ2n) is 6.88. The second kappa shape index (κ2) is 8.57. The first-order chi connectivity index (χ1) is 12.7. The van der Waals surface area contributed by atoms with E-state index in [1.807, 2.05) is 12.1 Å². The highest BCUT2D eigenvalue weighted by Crippen LogP contribution is 2.21. The third-order valence-electron chi connectivity index (χ3n) is 4.05. The van der Waals surface area contributed by atoms with Gasteiger partial charge in [-0.2, -0.15) is 0 Å². The number of esters is 1. The number of urea groups is 1. The van der Waals surface area contributed by atoms with E-state index in [0.717, 1.165) is 10.9 Å². The van der Waals surface area contributed by atoms with Crippen molar-refractivity contribution in [1.29, 1.82) is 0 Å². The summed E-state index contributed by atoms with van der Waals surface area (Å²) < 4.78 is 6.74. The average Bonchev–Trinajstić information content (AvgIpc) is 2.95. The molecule has 1 heterocycles. The minimum atomic E-state index is -0.900. The van der Waals surface area contributed by atoms with Crippen LogP contribution in [-0.2, 0) is 20.9 Å². The fourth-order valence-corrected chi connectivity index (χ4v) is 2.71. The summed E-state index contributed by atoms with van der Waals surface area (Å²) >= 11 is 0. The smallest absolute Gasteiger partial charge is 0.325 e. The van der Waals surface area contributed by atoms with Gasteiger partial charge >= 0.3 is 18.0 Å². The van der Waals surface area contributed by atoms with Crippen LogP contribution in [0.1, 0.15) is 33.6 Å². The molecule has 2 aromatic rings. The molecule has 0 aliphatic carbocycles. The fourth-order valence-electron chi connectivity index (χ4n) is 2.71. The van der Waals surface area contributed by atoms with Crippen molar-refractivity contribution in [3.63, 3.8) is 0 Å². The van der Waals surface area contributed by atoms with E-state index < -0.39 is 17.5 Å². The van der Waals surface area contributed by atoms with E-state index in [1.54, 1.807) is 43.7 Å². The van der Waals surface area contributed by atoms with Crippen LogP contribution in [0.15, 0.2) is 30.5 Å². The van der Waals surface area contributed by atoms with Crippen LogP contribution < -0.4 is 10.6 Å². The molecule has 0 atom stereocenters. The monoisotopic (exact) mass is 375 g/mol. The Hall–Kier alpha value is -3.03. The number of hydrogen-bond donors (Lipinski definition) is 3. The standard InChI is InChI=1S/C19H25N3O5/c1-4-27-17(25)12-22-10-8-13-11-14(5-6-15(13)22)20-18(26)21-19(2,3)9-7-16(23)24/h5-6,8,10-11H,4,7,9,12H2,1-3H3,(H,23,24)(H2,20,21,26). The molecule has 1 aromatic carbocycles. The first-order valence-corrected chi connectivity index (χ1v) is 8.75. The largest absolute Gasteiger partial charge is 0.481 e. The van der Waals surface area contributed by atoms with Gasteiger partial charge in [0.15, 0.2) is 0 Å². The Morgan fingerprint density at radius 1 is 1.22 bits per heavy atom. The predicted octanol–water partition coefficient (Wildman–Crippen LogP) is 2.97. The summed E-state index contributed by atoms with van der Waals surface area (Å²) in [6.45, 7) is 5.77. The summed E-state index contributed by atoms with van der Waals surface area (Å²) in [6, 6.07) is 6.82. The molecule has 146 valence electrons. The maximum Gasteiger partial charge on any atom is 0.325 e. The van der Waals surface area contributed by atoms with E-state index in [4.69, 9.17) is 9.84 Å². The Bertz CT molecular complexity index is 841. The number of amides is 2. The number of carboxylic acid groups (broad SMARTS) is 1. The number of rotatable bonds is 8. The molecule has 1 aromatic heterocycles. The van der Waals surface area contributed by atoms with Crippen LogP contribution in [0.25, 0.3) is 10.9 Å². The molecule has 0 fully saturated rings. The van der Waals surface area contributed by atoms with Crippen LogP contribution in [0.5, 0.6) is 0 Å². The second-order valence-corrected chi connectivity index (χ2v) is 6.88. The number of fused-ring (bicyclic) bond motifs is 1. The molecule has 0 aliphatic rings. The van der Waals surface area contributed by atoms with E-state index in [9.17, 15) is 14.4 Å². The van der Waals surface area contributed by atoms with Crippen LogP contribution in [0, 0.1) is 0 Å². The maximum atomic E-state index is 12.2. The van der Waals surface area contributed by atoms with Crippen molar-refractivity contribution in [3.8, 4) is 0 Å². The first-order valence-electron chi connectivity index (χ1n) is 8.75. The highest BCUT2D eigenvalue weighted by molar-refractivity contribution is 5.93. The molecular formula is C19H25N3O5. The number of ether oxygens (including phenoxy) is 1. The summed E-state index contributed by atoms with van der Waals surface area (Å²) in [5, 5.41) is 15.2. The quantitative estimate of drug-likeness (QED) is 0.615. The van der Waals surface area contributed by atoms with Gasteiger partial charge in [0.25, 0.3) is 0 Å². The predicted molar refractivity (Wildman–Crippen MR) is 102 cm³/mol. The van der Waals surface area contributed by atoms with Crippen molar-refractivity contribution in [1.82, 2.24) is 9.88 Å². The van der Waals surface area contributed by atoms with Gasteiger partial charge in [-0.3, -0.25) is 9.59 Å². The van der Waals surface area contributed by atoms with Crippen LogP contribution in [-0.4, -0.2) is 39.8 Å². The number of hydrogen-bond acceptors (Lipinski definition) is 4. The Morgan fingerprint density at radius 2 is 1.96 bits per heavy atom. The third kappa shape index (κ3) is 6.02. The van der Waals surface area contributed by atoms with Crippen molar-refractivity contribution in [2.75, 3.05) is 11.9 Å². The number of aromatic nitrogens is 1. The van der Waals surface area contributed by atoms with Crippen molar-refractivity contribution in [3.05, 3.63) is 30.5 Å². The van der Waals surface area contributed by atoms with Crippen LogP contribution in [0.2, 0.25) is 0 Å². The molecule has 0 saturated carbocycles. The van der Waals surface area contributed by atoms with E-state index in [-0.39, 0.29) is 18.9 Å². The summed E-state index contributed by atoms with van der Waals surface area (Å²) in [4.78, 5) is 34.5. The minimum absolute atomic E-state index is 0.0206. The van der Waals surface area contributed by atoms with Gasteiger partial charge in [0, 0.05) is 34.7 Å². The molecule has 8 nitrogen and oxygen atoms in total. The maximum absolute atomic E-state index is 12.2. The minimum Gasteiger partial charge on any atom is -0.481 e. The normalized spacial score (nSPS) is 11.2. The van der Waals surface area contributed by atoms with Gasteiger partial charge in [0.05, 0.1) is 6.61 Å². The van der Waals surface area contributed by atoms with Crippen molar-refractivity contribution < 1.29 is 24.2 Å². The SMILES string of the molecule is CCOC(=O)Cn1ccc2cc(NC(=O)NC(C)(C)CCC(=O)O)ccc21. The van der Waals surface area contributed by atoms with Gasteiger partial charge < -0.3 is 25.0 Å². The van der Waals surface area contributed by atoms with Crippen molar-refractivity contribution in [2.24, 2.45) is 0 Å². The number of benzene rings is 1. The number of carbonyl (C=O) groups excluding carboxylic acids is 2. The number of nitrogens with one attached hydrogen (secondary N) is 2. The Morgan fingerprint density at radius 3 is 2.63 bits per heavy atom. The van der Waals surface area contributed by atoms with Gasteiger partial charge in [0.2, 0.25) is 0 Å².